The Morgan fingerprint density at radius 2 is 2.10 bits per heavy atom. The van der Waals surface area contributed by atoms with Crippen LogP contribution in [0.25, 0.3) is 10.2 Å². The smallest absolute Gasteiger partial charge is 0.261 e. The molecule has 0 aliphatic rings. The van der Waals surface area contributed by atoms with Crippen LogP contribution in [-0.4, -0.2) is 27.0 Å². The zero-order valence-corrected chi connectivity index (χ0v) is 20.8. The molecule has 2 heterocycles. The van der Waals surface area contributed by atoms with E-state index in [4.69, 9.17) is 16.6 Å². The molecule has 0 spiro atoms. The number of hydrogen-bond donors (Lipinski definition) is 0. The Morgan fingerprint density at radius 1 is 1.26 bits per heavy atom. The number of carbonyl (C=O) groups is 1. The Balaban J connectivity index is 0.00000272. The highest BCUT2D eigenvalue weighted by Crippen LogP contribution is 2.32. The van der Waals surface area contributed by atoms with E-state index in [-0.39, 0.29) is 18.3 Å². The normalized spacial score (nSPS) is 10.8. The van der Waals surface area contributed by atoms with Crippen molar-refractivity contribution >= 4 is 72.5 Å². The van der Waals surface area contributed by atoms with Crippen molar-refractivity contribution in [2.45, 2.75) is 26.3 Å². The fraction of sp³-hybridized carbons (Fsp3) is 0.227. The minimum absolute atomic E-state index is 0. The average molecular weight is 540 g/mol. The average Bonchev–Trinajstić information content (AvgIpc) is 3.41. The van der Waals surface area contributed by atoms with E-state index in [1.54, 1.807) is 29.6 Å². The lowest BCUT2D eigenvalue weighted by molar-refractivity contribution is 0.0986. The number of aromatic nitrogens is 3. The summed E-state index contributed by atoms with van der Waals surface area (Å²) in [5, 5.41) is 1.11. The fourth-order valence-electron chi connectivity index (χ4n) is 3.21. The molecule has 0 bridgehead atoms. The number of fused-ring (bicyclic) bond motifs is 1. The van der Waals surface area contributed by atoms with Crippen LogP contribution in [0.1, 0.15) is 29.3 Å². The number of amides is 1. The van der Waals surface area contributed by atoms with Crippen LogP contribution in [0, 0.1) is 0 Å². The maximum atomic E-state index is 13.5. The Hall–Kier alpha value is -1.93. The number of halogens is 3. The molecular weight excluding hydrogens is 519 g/mol. The van der Waals surface area contributed by atoms with E-state index in [1.807, 2.05) is 22.9 Å². The van der Waals surface area contributed by atoms with Crippen LogP contribution in [0.15, 0.2) is 59.6 Å². The number of carbonyl (C=O) groups excluding carboxylic acids is 1. The van der Waals surface area contributed by atoms with Gasteiger partial charge in [0, 0.05) is 30.0 Å². The largest absolute Gasteiger partial charge is 0.337 e. The van der Waals surface area contributed by atoms with E-state index in [1.165, 1.54) is 16.9 Å². The number of anilines is 1. The number of rotatable bonds is 7. The van der Waals surface area contributed by atoms with Gasteiger partial charge in [0.1, 0.15) is 0 Å². The third-order valence-corrected chi connectivity index (χ3v) is 6.71. The van der Waals surface area contributed by atoms with Gasteiger partial charge >= 0.3 is 0 Å². The second-order valence-electron chi connectivity index (χ2n) is 6.89. The topological polar surface area (TPSA) is 51.0 Å². The lowest BCUT2D eigenvalue weighted by atomic mass is 10.2. The van der Waals surface area contributed by atoms with Crippen LogP contribution in [0.3, 0.4) is 0 Å². The standard InChI is InChI=1S/C22H20BrClN4OS.ClH/c1-2-15-4-7-19-20(12-15)30-22(26-19)28(10-3-9-27-11-8-25-14-27)21(29)17-13-16(23)5-6-18(17)24;/h4-8,11-14H,2-3,9-10H2,1H3;1H. The fourth-order valence-corrected chi connectivity index (χ4v) is 4.83. The van der Waals surface area contributed by atoms with Crippen molar-refractivity contribution < 1.29 is 4.79 Å². The van der Waals surface area contributed by atoms with Crippen LogP contribution in [0.2, 0.25) is 5.02 Å². The first kappa shape index (κ1) is 23.7. The summed E-state index contributed by atoms with van der Waals surface area (Å²) in [6, 6.07) is 11.6. The molecule has 0 aliphatic carbocycles. The molecular formula is C22H21BrCl2N4OS. The maximum absolute atomic E-state index is 13.5. The van der Waals surface area contributed by atoms with Gasteiger partial charge < -0.3 is 4.57 Å². The minimum atomic E-state index is -0.151. The van der Waals surface area contributed by atoms with Crippen molar-refractivity contribution in [3.05, 3.63) is 75.7 Å². The molecule has 0 radical (unpaired) electrons. The van der Waals surface area contributed by atoms with Gasteiger partial charge in [-0.1, -0.05) is 51.9 Å². The highest BCUT2D eigenvalue weighted by atomic mass is 79.9. The molecule has 4 rings (SSSR count). The molecule has 0 atom stereocenters. The molecule has 31 heavy (non-hydrogen) atoms. The Kier molecular flexibility index (Phi) is 8.11. The van der Waals surface area contributed by atoms with Gasteiger partial charge in [0.15, 0.2) is 5.13 Å². The molecule has 1 amide bonds. The van der Waals surface area contributed by atoms with Crippen molar-refractivity contribution in [1.29, 1.82) is 0 Å². The molecule has 0 aliphatic heterocycles. The van der Waals surface area contributed by atoms with Crippen LogP contribution in [0.5, 0.6) is 0 Å². The lowest BCUT2D eigenvalue weighted by Crippen LogP contribution is -2.32. The van der Waals surface area contributed by atoms with Crippen LogP contribution in [-0.2, 0) is 13.0 Å². The molecule has 2 aromatic heterocycles. The number of aryl methyl sites for hydroxylation is 2. The van der Waals surface area contributed by atoms with Crippen molar-refractivity contribution in [2.75, 3.05) is 11.4 Å². The van der Waals surface area contributed by atoms with E-state index in [0.29, 0.717) is 22.3 Å². The summed E-state index contributed by atoms with van der Waals surface area (Å²) in [5.74, 6) is -0.151. The highest BCUT2D eigenvalue weighted by Gasteiger charge is 2.23. The molecule has 162 valence electrons. The Morgan fingerprint density at radius 3 is 2.84 bits per heavy atom. The summed E-state index contributed by atoms with van der Waals surface area (Å²) in [7, 11) is 0. The summed E-state index contributed by atoms with van der Waals surface area (Å²) in [6.07, 6.45) is 7.18. The van der Waals surface area contributed by atoms with Crippen LogP contribution < -0.4 is 4.90 Å². The first-order chi connectivity index (χ1) is 14.5. The summed E-state index contributed by atoms with van der Waals surface area (Å²) >= 11 is 11.3. The summed E-state index contributed by atoms with van der Waals surface area (Å²) in [6.45, 7) is 3.42. The van der Waals surface area contributed by atoms with Crippen molar-refractivity contribution in [3.63, 3.8) is 0 Å². The van der Waals surface area contributed by atoms with E-state index in [0.717, 1.165) is 34.1 Å². The second kappa shape index (κ2) is 10.6. The molecule has 2 aromatic carbocycles. The van der Waals surface area contributed by atoms with Gasteiger partial charge in [-0.05, 0) is 48.7 Å². The van der Waals surface area contributed by atoms with Gasteiger partial charge in [0.05, 0.1) is 27.1 Å². The number of benzene rings is 2. The molecule has 4 aromatic rings. The number of imidazole rings is 1. The van der Waals surface area contributed by atoms with Crippen molar-refractivity contribution in [2.24, 2.45) is 0 Å². The van der Waals surface area contributed by atoms with E-state index < -0.39 is 0 Å². The number of thiazole rings is 1. The number of hydrogen-bond acceptors (Lipinski definition) is 4. The second-order valence-corrected chi connectivity index (χ2v) is 9.22. The minimum Gasteiger partial charge on any atom is -0.337 e. The van der Waals surface area contributed by atoms with Gasteiger partial charge in [-0.25, -0.2) is 9.97 Å². The predicted molar refractivity (Wildman–Crippen MR) is 134 cm³/mol. The van der Waals surface area contributed by atoms with Crippen molar-refractivity contribution in [1.82, 2.24) is 14.5 Å². The molecule has 0 saturated carbocycles. The molecule has 5 nitrogen and oxygen atoms in total. The van der Waals surface area contributed by atoms with E-state index in [9.17, 15) is 4.79 Å². The third-order valence-electron chi connectivity index (χ3n) is 4.84. The monoisotopic (exact) mass is 538 g/mol. The Labute approximate surface area is 204 Å². The summed E-state index contributed by atoms with van der Waals surface area (Å²) < 4.78 is 3.89. The van der Waals surface area contributed by atoms with Crippen LogP contribution in [0.4, 0.5) is 5.13 Å². The van der Waals surface area contributed by atoms with Gasteiger partial charge in [-0.15, -0.1) is 12.4 Å². The zero-order chi connectivity index (χ0) is 21.1. The van der Waals surface area contributed by atoms with Gasteiger partial charge in [0.25, 0.3) is 5.91 Å². The van der Waals surface area contributed by atoms with E-state index in [2.05, 4.69) is 40.0 Å². The molecule has 0 saturated heterocycles. The first-order valence-corrected chi connectivity index (χ1v) is 11.7. The Bertz CT molecular complexity index is 1180. The van der Waals surface area contributed by atoms with Gasteiger partial charge in [-0.2, -0.15) is 0 Å². The SMILES string of the molecule is CCc1ccc2nc(N(CCCn3ccnc3)C(=O)c3cc(Br)ccc3Cl)sc2c1.Cl. The third kappa shape index (κ3) is 5.47. The van der Waals surface area contributed by atoms with Gasteiger partial charge in [-0.3, -0.25) is 9.69 Å². The quantitative estimate of drug-likeness (QED) is 0.265. The summed E-state index contributed by atoms with van der Waals surface area (Å²) in [5.41, 5.74) is 2.62. The summed E-state index contributed by atoms with van der Waals surface area (Å²) in [4.78, 5) is 24.0. The maximum Gasteiger partial charge on any atom is 0.261 e. The number of nitrogens with zero attached hydrogens (tertiary/aromatic N) is 4. The predicted octanol–water partition coefficient (Wildman–Crippen LogP) is 6.63. The van der Waals surface area contributed by atoms with E-state index >= 15 is 0 Å². The molecule has 0 N–H and O–H groups in total. The molecule has 0 unspecified atom stereocenters. The lowest BCUT2D eigenvalue weighted by Gasteiger charge is -2.21. The zero-order valence-electron chi connectivity index (χ0n) is 16.8. The van der Waals surface area contributed by atoms with Crippen LogP contribution >= 0.6 is 51.3 Å². The molecule has 9 heteroatoms. The highest BCUT2D eigenvalue weighted by molar-refractivity contribution is 9.10. The van der Waals surface area contributed by atoms with Gasteiger partial charge in [0.2, 0.25) is 0 Å². The van der Waals surface area contributed by atoms with Crippen molar-refractivity contribution in [3.8, 4) is 0 Å². The first-order valence-electron chi connectivity index (χ1n) is 9.67. The molecule has 0 fully saturated rings.